The van der Waals surface area contributed by atoms with Crippen LogP contribution in [0.1, 0.15) is 42.3 Å². The lowest BCUT2D eigenvalue weighted by molar-refractivity contribution is 0.0702. The Labute approximate surface area is 205 Å². The van der Waals surface area contributed by atoms with Crippen LogP contribution in [-0.2, 0) is 0 Å². The minimum absolute atomic E-state index is 0.237. The third kappa shape index (κ3) is 5.34. The van der Waals surface area contributed by atoms with Gasteiger partial charge in [0.25, 0.3) is 0 Å². The van der Waals surface area contributed by atoms with Crippen molar-refractivity contribution in [2.24, 2.45) is 11.8 Å². The maximum atomic E-state index is 11.9. The summed E-state index contributed by atoms with van der Waals surface area (Å²) in [6, 6.07) is 0. The Morgan fingerprint density at radius 1 is 1.12 bits per heavy atom. The zero-order valence-electron chi connectivity index (χ0n) is 19.9. The third-order valence-electron chi connectivity index (χ3n) is 7.23. The molecule has 0 aromatic carbocycles. The molecule has 3 aliphatic heterocycles. The van der Waals surface area contributed by atoms with Gasteiger partial charge in [0, 0.05) is 45.8 Å². The lowest BCUT2D eigenvalue weighted by atomic mass is 9.99. The van der Waals surface area contributed by atoms with Gasteiger partial charge in [0.2, 0.25) is 0 Å². The summed E-state index contributed by atoms with van der Waals surface area (Å²) < 4.78 is 0. The minimum Gasteiger partial charge on any atom is -0.477 e. The van der Waals surface area contributed by atoms with Crippen molar-refractivity contribution < 1.29 is 9.90 Å². The number of aromatic nitrogens is 3. The van der Waals surface area contributed by atoms with Gasteiger partial charge >= 0.3 is 5.97 Å². The lowest BCUT2D eigenvalue weighted by Crippen LogP contribution is -2.49. The zero-order valence-corrected chi connectivity index (χ0v) is 20.8. The second-order valence-electron chi connectivity index (χ2n) is 9.93. The predicted molar refractivity (Wildman–Crippen MR) is 135 cm³/mol. The average Bonchev–Trinajstić information content (AvgIpc) is 3.32. The second kappa shape index (κ2) is 10.5. The fourth-order valence-electron chi connectivity index (χ4n) is 5.34. The summed E-state index contributed by atoms with van der Waals surface area (Å²) in [5, 5.41) is 14.1. The van der Waals surface area contributed by atoms with Gasteiger partial charge < -0.3 is 20.2 Å². The van der Waals surface area contributed by atoms with Crippen LogP contribution in [0.2, 0.25) is 0 Å². The molecule has 0 saturated carbocycles. The number of carboxylic acid groups (broad SMARTS) is 1. The first-order valence-electron chi connectivity index (χ1n) is 12.6. The molecule has 10 heteroatoms. The van der Waals surface area contributed by atoms with Crippen LogP contribution in [0.15, 0.2) is 12.4 Å². The number of aromatic carboxylic acids is 1. The van der Waals surface area contributed by atoms with Crippen LogP contribution in [0.3, 0.4) is 0 Å². The Balaban J connectivity index is 1.24. The summed E-state index contributed by atoms with van der Waals surface area (Å²) in [6.07, 6.45) is 8.38. The average molecular weight is 486 g/mol. The van der Waals surface area contributed by atoms with E-state index < -0.39 is 5.97 Å². The lowest BCUT2D eigenvalue weighted by Gasteiger charge is -2.37. The van der Waals surface area contributed by atoms with Crippen LogP contribution in [0, 0.1) is 11.8 Å². The second-order valence-corrected chi connectivity index (χ2v) is 10.9. The van der Waals surface area contributed by atoms with Gasteiger partial charge in [-0.3, -0.25) is 4.90 Å². The molecule has 184 valence electrons. The number of hydrogen-bond donors (Lipinski definition) is 2. The van der Waals surface area contributed by atoms with E-state index >= 15 is 0 Å². The van der Waals surface area contributed by atoms with E-state index in [1.807, 2.05) is 0 Å². The summed E-state index contributed by atoms with van der Waals surface area (Å²) in [4.78, 5) is 33.1. The number of thiazole rings is 1. The van der Waals surface area contributed by atoms with Crippen molar-refractivity contribution in [1.29, 1.82) is 0 Å². The molecule has 0 amide bonds. The Morgan fingerprint density at radius 2 is 1.97 bits per heavy atom. The van der Waals surface area contributed by atoms with Gasteiger partial charge in [-0.05, 0) is 50.6 Å². The molecular weight excluding hydrogens is 450 g/mol. The largest absolute Gasteiger partial charge is 0.477 e. The van der Waals surface area contributed by atoms with Crippen LogP contribution in [0.4, 0.5) is 10.9 Å². The van der Waals surface area contributed by atoms with E-state index in [4.69, 9.17) is 4.98 Å². The summed E-state index contributed by atoms with van der Waals surface area (Å²) in [5.74, 6) is 1.24. The molecule has 2 N–H and O–H groups in total. The Bertz CT molecular complexity index is 968. The maximum Gasteiger partial charge on any atom is 0.348 e. The van der Waals surface area contributed by atoms with E-state index in [1.54, 1.807) is 12.4 Å². The molecular formula is C24H35N7O2S. The van der Waals surface area contributed by atoms with Crippen LogP contribution in [0.25, 0.3) is 11.4 Å². The monoisotopic (exact) mass is 485 g/mol. The molecule has 0 aliphatic carbocycles. The van der Waals surface area contributed by atoms with E-state index in [0.717, 1.165) is 75.6 Å². The van der Waals surface area contributed by atoms with Gasteiger partial charge in [-0.15, -0.1) is 0 Å². The molecule has 9 nitrogen and oxygen atoms in total. The minimum atomic E-state index is -0.959. The molecule has 2 atom stereocenters. The Kier molecular flexibility index (Phi) is 7.26. The zero-order chi connectivity index (χ0) is 23.5. The molecule has 1 unspecified atom stereocenters. The van der Waals surface area contributed by atoms with Crippen LogP contribution in [-0.4, -0.2) is 89.8 Å². The van der Waals surface area contributed by atoms with Crippen LogP contribution < -0.4 is 15.1 Å². The molecule has 3 saturated heterocycles. The first-order chi connectivity index (χ1) is 16.6. The first-order valence-corrected chi connectivity index (χ1v) is 13.4. The van der Waals surface area contributed by atoms with Gasteiger partial charge in [0.1, 0.15) is 22.1 Å². The summed E-state index contributed by atoms with van der Waals surface area (Å²) in [5.41, 5.74) is 0.952. The Hall–Kier alpha value is -2.30. The number of piperazine rings is 1. The number of nitrogens with zero attached hydrogens (tertiary/aromatic N) is 6. The van der Waals surface area contributed by atoms with Gasteiger partial charge in [0.05, 0.1) is 12.4 Å². The number of nitrogens with one attached hydrogen (secondary N) is 1. The highest BCUT2D eigenvalue weighted by Crippen LogP contribution is 2.34. The number of anilines is 2. The summed E-state index contributed by atoms with van der Waals surface area (Å²) in [6.45, 7) is 11.5. The molecule has 0 spiro atoms. The van der Waals surface area contributed by atoms with Crippen molar-refractivity contribution in [3.8, 4) is 11.4 Å². The first kappa shape index (κ1) is 23.4. The standard InChI is InChI=1S/C24H35N7O2S/c1-17-4-3-7-31(15-17)24-28-21(22(34-24)23(32)33)19-13-27-20(14-26-19)30-10-8-29(9-11-30)16-18-5-2-6-25-12-18/h13-14,17-18,25H,2-12,15-16H2,1H3,(H,32,33)/t17-,18?/m1/s1. The number of rotatable bonds is 6. The fourth-order valence-corrected chi connectivity index (χ4v) is 6.29. The number of piperidine rings is 2. The van der Waals surface area contributed by atoms with Crippen molar-refractivity contribution >= 4 is 28.3 Å². The smallest absolute Gasteiger partial charge is 0.348 e. The predicted octanol–water partition coefficient (Wildman–Crippen LogP) is 2.66. The Morgan fingerprint density at radius 3 is 2.65 bits per heavy atom. The molecule has 34 heavy (non-hydrogen) atoms. The maximum absolute atomic E-state index is 11.9. The number of carboxylic acids is 1. The van der Waals surface area contributed by atoms with E-state index in [0.29, 0.717) is 17.3 Å². The molecule has 2 aromatic rings. The molecule has 3 fully saturated rings. The topological polar surface area (TPSA) is 97.7 Å². The van der Waals surface area contributed by atoms with Gasteiger partial charge in [-0.25, -0.2) is 19.7 Å². The highest BCUT2D eigenvalue weighted by atomic mass is 32.1. The number of hydrogen-bond acceptors (Lipinski definition) is 9. The van der Waals surface area contributed by atoms with E-state index in [1.165, 1.54) is 37.1 Å². The quantitative estimate of drug-likeness (QED) is 0.640. The molecule has 0 bridgehead atoms. The highest BCUT2D eigenvalue weighted by Gasteiger charge is 2.26. The van der Waals surface area contributed by atoms with Crippen molar-refractivity contribution in [2.75, 3.05) is 68.7 Å². The van der Waals surface area contributed by atoms with Crippen molar-refractivity contribution in [3.05, 3.63) is 17.3 Å². The SMILES string of the molecule is C[C@@H]1CCCN(c2nc(-c3cnc(N4CCN(CC5CCCNC5)CC4)cn3)c(C(=O)O)s2)C1. The van der Waals surface area contributed by atoms with E-state index in [2.05, 4.69) is 36.9 Å². The molecule has 3 aliphatic rings. The van der Waals surface area contributed by atoms with Crippen LogP contribution in [0.5, 0.6) is 0 Å². The normalized spacial score (nSPS) is 24.4. The molecule has 0 radical (unpaired) electrons. The van der Waals surface area contributed by atoms with Gasteiger partial charge in [-0.1, -0.05) is 18.3 Å². The number of carbonyl (C=O) groups is 1. The summed E-state index contributed by atoms with van der Waals surface area (Å²) >= 11 is 1.24. The van der Waals surface area contributed by atoms with E-state index in [-0.39, 0.29) is 4.88 Å². The van der Waals surface area contributed by atoms with E-state index in [9.17, 15) is 9.90 Å². The van der Waals surface area contributed by atoms with Crippen molar-refractivity contribution in [3.63, 3.8) is 0 Å². The highest BCUT2D eigenvalue weighted by molar-refractivity contribution is 7.17. The van der Waals surface area contributed by atoms with Crippen molar-refractivity contribution in [2.45, 2.75) is 32.6 Å². The summed E-state index contributed by atoms with van der Waals surface area (Å²) in [7, 11) is 0. The van der Waals surface area contributed by atoms with Gasteiger partial charge in [-0.2, -0.15) is 0 Å². The van der Waals surface area contributed by atoms with Crippen molar-refractivity contribution in [1.82, 2.24) is 25.2 Å². The van der Waals surface area contributed by atoms with Gasteiger partial charge in [0.15, 0.2) is 5.13 Å². The molecule has 2 aromatic heterocycles. The molecule has 5 heterocycles. The fraction of sp³-hybridized carbons (Fsp3) is 0.667. The third-order valence-corrected chi connectivity index (χ3v) is 8.33. The van der Waals surface area contributed by atoms with Crippen LogP contribution >= 0.6 is 11.3 Å². The molecule has 5 rings (SSSR count).